The van der Waals surface area contributed by atoms with Gasteiger partial charge in [-0.3, -0.25) is 4.90 Å². The van der Waals surface area contributed by atoms with E-state index in [1.165, 1.54) is 50.0 Å². The fourth-order valence-electron chi connectivity index (χ4n) is 5.40. The number of hydrogen-bond donors (Lipinski definition) is 0. The summed E-state index contributed by atoms with van der Waals surface area (Å²) in [4.78, 5) is 2.83. The van der Waals surface area contributed by atoms with Gasteiger partial charge in [-0.15, -0.1) is 0 Å². The zero-order valence-corrected chi connectivity index (χ0v) is 16.8. The summed E-state index contributed by atoms with van der Waals surface area (Å²) in [5.41, 5.74) is 4.72. The molecule has 2 aromatic rings. The van der Waals surface area contributed by atoms with E-state index >= 15 is 0 Å². The summed E-state index contributed by atoms with van der Waals surface area (Å²) in [6.07, 6.45) is 9.83. The molecular formula is C22H32N2S. The Morgan fingerprint density at radius 3 is 2.76 bits per heavy atom. The average molecular weight is 357 g/mol. The highest BCUT2D eigenvalue weighted by Crippen LogP contribution is 2.45. The van der Waals surface area contributed by atoms with Gasteiger partial charge in [-0.05, 0) is 67.3 Å². The number of rotatable bonds is 6. The molecule has 2 nitrogen and oxygen atoms in total. The second-order valence-corrected chi connectivity index (χ2v) is 8.93. The largest absolute Gasteiger partial charge is 0.347 e. The molecule has 0 radical (unpaired) electrons. The molecule has 0 spiro atoms. The highest BCUT2D eigenvalue weighted by Gasteiger charge is 2.40. The Hall–Kier alpha value is -0.930. The fraction of sp³-hybridized carbons (Fsp3) is 0.636. The second-order valence-electron chi connectivity index (χ2n) is 8.02. The quantitative estimate of drug-likeness (QED) is 0.707. The molecule has 0 amide bonds. The minimum atomic E-state index is 0.716. The maximum Gasteiger partial charge on any atom is 0.0486 e. The summed E-state index contributed by atoms with van der Waals surface area (Å²) in [6, 6.07) is 7.79. The van der Waals surface area contributed by atoms with E-state index < -0.39 is 0 Å². The Kier molecular flexibility index (Phi) is 5.15. The van der Waals surface area contributed by atoms with Crippen LogP contribution in [0.25, 0.3) is 10.9 Å². The summed E-state index contributed by atoms with van der Waals surface area (Å²) in [6.45, 7) is 8.32. The van der Waals surface area contributed by atoms with Gasteiger partial charge >= 0.3 is 0 Å². The van der Waals surface area contributed by atoms with Gasteiger partial charge in [-0.25, -0.2) is 0 Å². The molecule has 1 aromatic heterocycles. The normalized spacial score (nSPS) is 26.1. The second kappa shape index (κ2) is 7.36. The highest BCUT2D eigenvalue weighted by molar-refractivity contribution is 7.98. The Labute approximate surface area is 157 Å². The van der Waals surface area contributed by atoms with Crippen molar-refractivity contribution in [2.24, 2.45) is 5.92 Å². The lowest BCUT2D eigenvalue weighted by molar-refractivity contribution is 0.0926. The maximum absolute atomic E-state index is 2.83. The van der Waals surface area contributed by atoms with Crippen molar-refractivity contribution in [3.63, 3.8) is 0 Å². The minimum absolute atomic E-state index is 0.716. The van der Waals surface area contributed by atoms with Gasteiger partial charge in [0.25, 0.3) is 0 Å². The first-order valence-corrected chi connectivity index (χ1v) is 11.5. The summed E-state index contributed by atoms with van der Waals surface area (Å²) in [5.74, 6) is 2.88. The molecule has 1 aromatic carbocycles. The first-order chi connectivity index (χ1) is 12.3. The molecule has 0 bridgehead atoms. The van der Waals surface area contributed by atoms with E-state index in [2.05, 4.69) is 54.0 Å². The van der Waals surface area contributed by atoms with Gasteiger partial charge in [0.1, 0.15) is 0 Å². The van der Waals surface area contributed by atoms with Crippen LogP contribution >= 0.6 is 11.8 Å². The summed E-state index contributed by atoms with van der Waals surface area (Å²) in [7, 11) is 0. The van der Waals surface area contributed by atoms with Crippen molar-refractivity contribution in [1.82, 2.24) is 9.47 Å². The van der Waals surface area contributed by atoms with Crippen molar-refractivity contribution in [3.8, 4) is 0 Å². The van der Waals surface area contributed by atoms with Gasteiger partial charge in [0.05, 0.1) is 0 Å². The van der Waals surface area contributed by atoms with Crippen LogP contribution in [0.1, 0.15) is 50.2 Å². The standard InChI is InChI=1S/C22H32N2S/c1-4-9-23-13-16(15-25-3)11-19-18-7-6-8-20-22(18)17(12-21(19)23)14-24(20)10-5-2/h6-8,14,16,19,21H,4-5,9-13,15H2,1-3H3/t16-,19-,21-/m1/s1. The zero-order valence-electron chi connectivity index (χ0n) is 16.0. The molecule has 0 N–H and O–H groups in total. The molecule has 0 saturated carbocycles. The molecule has 0 unspecified atom stereocenters. The maximum atomic E-state index is 2.83. The van der Waals surface area contributed by atoms with E-state index in [0.717, 1.165) is 18.4 Å². The Balaban J connectivity index is 1.77. The molecule has 1 aliphatic carbocycles. The van der Waals surface area contributed by atoms with Gasteiger partial charge in [0.15, 0.2) is 0 Å². The summed E-state index contributed by atoms with van der Waals surface area (Å²) < 4.78 is 2.51. The van der Waals surface area contributed by atoms with E-state index in [1.54, 1.807) is 16.5 Å². The summed E-state index contributed by atoms with van der Waals surface area (Å²) in [5, 5.41) is 1.60. The number of piperidine rings is 1. The number of likely N-dealkylation sites (tertiary alicyclic amines) is 1. The Bertz CT molecular complexity index is 735. The van der Waals surface area contributed by atoms with E-state index in [1.807, 2.05) is 11.8 Å². The molecule has 1 fully saturated rings. The van der Waals surface area contributed by atoms with Gasteiger partial charge < -0.3 is 4.57 Å². The van der Waals surface area contributed by atoms with Crippen molar-refractivity contribution in [2.45, 2.75) is 58.0 Å². The highest BCUT2D eigenvalue weighted by atomic mass is 32.2. The third kappa shape index (κ3) is 3.04. The van der Waals surface area contributed by atoms with Crippen molar-refractivity contribution in [3.05, 3.63) is 35.5 Å². The molecule has 3 heteroatoms. The first-order valence-electron chi connectivity index (χ1n) is 10.1. The van der Waals surface area contributed by atoms with Crippen LogP contribution in [-0.4, -0.2) is 40.6 Å². The molecule has 3 atom stereocenters. The van der Waals surface area contributed by atoms with Gasteiger partial charge in [0, 0.05) is 42.1 Å². The fourth-order valence-corrected chi connectivity index (χ4v) is 6.12. The molecule has 1 aliphatic heterocycles. The van der Waals surface area contributed by atoms with Gasteiger partial charge in [-0.2, -0.15) is 11.8 Å². The monoisotopic (exact) mass is 356 g/mol. The van der Waals surface area contributed by atoms with E-state index in [-0.39, 0.29) is 0 Å². The molecule has 2 aliphatic rings. The van der Waals surface area contributed by atoms with Crippen LogP contribution in [0.5, 0.6) is 0 Å². The molecular weight excluding hydrogens is 324 g/mol. The van der Waals surface area contributed by atoms with Crippen LogP contribution in [0.15, 0.2) is 24.4 Å². The van der Waals surface area contributed by atoms with Crippen molar-refractivity contribution >= 4 is 22.7 Å². The Morgan fingerprint density at radius 1 is 1.16 bits per heavy atom. The van der Waals surface area contributed by atoms with Crippen LogP contribution in [0.4, 0.5) is 0 Å². The number of nitrogens with zero attached hydrogens (tertiary/aromatic N) is 2. The predicted molar refractivity (Wildman–Crippen MR) is 111 cm³/mol. The van der Waals surface area contributed by atoms with Crippen molar-refractivity contribution in [2.75, 3.05) is 25.1 Å². The van der Waals surface area contributed by atoms with E-state index in [9.17, 15) is 0 Å². The van der Waals surface area contributed by atoms with Crippen LogP contribution in [-0.2, 0) is 13.0 Å². The SMILES string of the molecule is CCCN1C[C@H](CSC)C[C@@H]2c3cccc4c3c(cn4CCC)C[C@H]21. The van der Waals surface area contributed by atoms with Crippen LogP contribution in [0, 0.1) is 5.92 Å². The van der Waals surface area contributed by atoms with E-state index in [4.69, 9.17) is 0 Å². The topological polar surface area (TPSA) is 8.17 Å². The minimum Gasteiger partial charge on any atom is -0.347 e. The molecule has 2 heterocycles. The number of aromatic nitrogens is 1. The number of benzene rings is 1. The molecule has 1 saturated heterocycles. The van der Waals surface area contributed by atoms with Crippen LogP contribution < -0.4 is 0 Å². The van der Waals surface area contributed by atoms with Gasteiger partial charge in [0.2, 0.25) is 0 Å². The van der Waals surface area contributed by atoms with Crippen LogP contribution in [0.2, 0.25) is 0 Å². The molecule has 136 valence electrons. The number of aryl methyl sites for hydroxylation is 1. The predicted octanol–water partition coefficient (Wildman–Crippen LogP) is 5.15. The van der Waals surface area contributed by atoms with Crippen molar-refractivity contribution < 1.29 is 0 Å². The lowest BCUT2D eigenvalue weighted by Gasteiger charge is -2.47. The van der Waals surface area contributed by atoms with Crippen molar-refractivity contribution in [1.29, 1.82) is 0 Å². The third-order valence-corrected chi connectivity index (χ3v) is 7.04. The number of fused-ring (bicyclic) bond motifs is 2. The molecule has 25 heavy (non-hydrogen) atoms. The first kappa shape index (κ1) is 17.5. The van der Waals surface area contributed by atoms with Gasteiger partial charge in [-0.1, -0.05) is 26.0 Å². The third-order valence-electron chi connectivity index (χ3n) is 6.24. The lowest BCUT2D eigenvalue weighted by atomic mass is 9.72. The summed E-state index contributed by atoms with van der Waals surface area (Å²) >= 11 is 2.03. The smallest absolute Gasteiger partial charge is 0.0486 e. The average Bonchev–Trinajstić information content (AvgIpc) is 2.96. The number of thioether (sulfide) groups is 1. The lowest BCUT2D eigenvalue weighted by Crippen LogP contribution is -2.50. The Morgan fingerprint density at radius 2 is 2.00 bits per heavy atom. The zero-order chi connectivity index (χ0) is 17.4. The molecule has 4 rings (SSSR count). The number of hydrogen-bond acceptors (Lipinski definition) is 2. The van der Waals surface area contributed by atoms with E-state index in [0.29, 0.717) is 6.04 Å². The van der Waals surface area contributed by atoms with Crippen LogP contribution in [0.3, 0.4) is 0 Å².